The van der Waals surface area contributed by atoms with Gasteiger partial charge in [0.2, 0.25) is 5.91 Å². The molecule has 138 valence electrons. The number of carbonyl (C=O) groups excluding carboxylic acids is 2. The Kier molecular flexibility index (Phi) is 6.84. The minimum absolute atomic E-state index is 0.00916. The zero-order valence-electron chi connectivity index (χ0n) is 15.0. The Hall–Kier alpha value is -3.22. The van der Waals surface area contributed by atoms with Gasteiger partial charge in [-0.3, -0.25) is 4.79 Å². The van der Waals surface area contributed by atoms with E-state index in [9.17, 15) is 9.59 Å². The van der Waals surface area contributed by atoms with Crippen LogP contribution in [-0.4, -0.2) is 39.2 Å². The Morgan fingerprint density at radius 3 is 2.42 bits per heavy atom. The number of hydrogen-bond acceptors (Lipinski definition) is 6. The van der Waals surface area contributed by atoms with Gasteiger partial charge < -0.3 is 24.8 Å². The van der Waals surface area contributed by atoms with Gasteiger partial charge in [-0.25, -0.2) is 4.79 Å². The molecule has 0 radical (unpaired) electrons. The van der Waals surface area contributed by atoms with Crippen LogP contribution in [0.4, 0.5) is 11.4 Å². The Morgan fingerprint density at radius 1 is 1.00 bits per heavy atom. The van der Waals surface area contributed by atoms with Crippen molar-refractivity contribution in [3.05, 3.63) is 48.0 Å². The number of ether oxygens (including phenoxy) is 3. The highest BCUT2D eigenvalue weighted by atomic mass is 16.5. The fourth-order valence-corrected chi connectivity index (χ4v) is 2.32. The lowest BCUT2D eigenvalue weighted by molar-refractivity contribution is -0.114. The van der Waals surface area contributed by atoms with E-state index < -0.39 is 5.97 Å². The highest BCUT2D eigenvalue weighted by Crippen LogP contribution is 2.29. The molecule has 2 N–H and O–H groups in total. The Morgan fingerprint density at radius 2 is 1.73 bits per heavy atom. The standard InChI is InChI=1S/C19H22N2O5/c1-4-26-19(23)14-7-5-6-8-15(14)20-12-18(22)21-13-9-10-16(24-2)17(11-13)25-3/h5-11,20H,4,12H2,1-3H3,(H,21,22). The van der Waals surface area contributed by atoms with Gasteiger partial charge in [0.1, 0.15) is 0 Å². The molecular weight excluding hydrogens is 336 g/mol. The molecule has 7 heteroatoms. The van der Waals surface area contributed by atoms with E-state index in [1.54, 1.807) is 56.5 Å². The smallest absolute Gasteiger partial charge is 0.340 e. The maximum absolute atomic E-state index is 12.2. The zero-order valence-corrected chi connectivity index (χ0v) is 15.0. The molecule has 1 amide bonds. The molecule has 0 fully saturated rings. The van der Waals surface area contributed by atoms with Gasteiger partial charge in [-0.15, -0.1) is 0 Å². The van der Waals surface area contributed by atoms with Crippen LogP contribution in [0.3, 0.4) is 0 Å². The molecule has 0 bridgehead atoms. The minimum Gasteiger partial charge on any atom is -0.493 e. The lowest BCUT2D eigenvalue weighted by atomic mass is 10.2. The van der Waals surface area contributed by atoms with Crippen molar-refractivity contribution in [2.75, 3.05) is 38.0 Å². The van der Waals surface area contributed by atoms with E-state index in [4.69, 9.17) is 14.2 Å². The summed E-state index contributed by atoms with van der Waals surface area (Å²) in [4.78, 5) is 24.1. The van der Waals surface area contributed by atoms with Crippen LogP contribution < -0.4 is 20.1 Å². The summed E-state index contributed by atoms with van der Waals surface area (Å²) in [7, 11) is 3.07. The maximum atomic E-state index is 12.2. The van der Waals surface area contributed by atoms with Crippen LogP contribution in [-0.2, 0) is 9.53 Å². The molecule has 2 aromatic rings. The minimum atomic E-state index is -0.434. The maximum Gasteiger partial charge on any atom is 0.340 e. The van der Waals surface area contributed by atoms with Crippen LogP contribution in [0.25, 0.3) is 0 Å². The van der Waals surface area contributed by atoms with Crippen LogP contribution in [0.15, 0.2) is 42.5 Å². The third-order valence-corrected chi connectivity index (χ3v) is 3.53. The van der Waals surface area contributed by atoms with E-state index in [1.807, 2.05) is 0 Å². The van der Waals surface area contributed by atoms with E-state index in [2.05, 4.69) is 10.6 Å². The van der Waals surface area contributed by atoms with Crippen molar-refractivity contribution in [3.8, 4) is 11.5 Å². The van der Waals surface area contributed by atoms with Gasteiger partial charge >= 0.3 is 5.97 Å². The summed E-state index contributed by atoms with van der Waals surface area (Å²) in [6, 6.07) is 12.0. The SMILES string of the molecule is CCOC(=O)c1ccccc1NCC(=O)Nc1ccc(OC)c(OC)c1. The number of esters is 1. The number of para-hydroxylation sites is 1. The Bertz CT molecular complexity index is 776. The van der Waals surface area contributed by atoms with Gasteiger partial charge in [0.25, 0.3) is 0 Å². The van der Waals surface area contributed by atoms with Gasteiger partial charge in [0.05, 0.1) is 32.9 Å². The summed E-state index contributed by atoms with van der Waals surface area (Å²) >= 11 is 0. The summed E-state index contributed by atoms with van der Waals surface area (Å²) in [5.41, 5.74) is 1.50. The normalized spacial score (nSPS) is 9.96. The molecule has 0 aliphatic carbocycles. The second kappa shape index (κ2) is 9.31. The third kappa shape index (κ3) is 4.89. The first-order valence-corrected chi connectivity index (χ1v) is 8.11. The molecule has 0 aromatic heterocycles. The van der Waals surface area contributed by atoms with Crippen molar-refractivity contribution in [2.45, 2.75) is 6.92 Å². The molecule has 0 saturated heterocycles. The van der Waals surface area contributed by atoms with Crippen LogP contribution >= 0.6 is 0 Å². The average Bonchev–Trinajstić information content (AvgIpc) is 2.66. The fourth-order valence-electron chi connectivity index (χ4n) is 2.32. The molecule has 0 spiro atoms. The first kappa shape index (κ1) is 19.1. The third-order valence-electron chi connectivity index (χ3n) is 3.53. The number of amides is 1. The quantitative estimate of drug-likeness (QED) is 0.706. The predicted octanol–water partition coefficient (Wildman–Crippen LogP) is 2.93. The van der Waals surface area contributed by atoms with Crippen LogP contribution in [0.1, 0.15) is 17.3 Å². The van der Waals surface area contributed by atoms with E-state index >= 15 is 0 Å². The zero-order chi connectivity index (χ0) is 18.9. The van der Waals surface area contributed by atoms with E-state index in [0.29, 0.717) is 28.4 Å². The van der Waals surface area contributed by atoms with Crippen LogP contribution in [0.5, 0.6) is 11.5 Å². The average molecular weight is 358 g/mol. The molecule has 0 atom stereocenters. The molecule has 0 aliphatic heterocycles. The van der Waals surface area contributed by atoms with Gasteiger partial charge in [-0.05, 0) is 31.2 Å². The molecule has 2 rings (SSSR count). The lowest BCUT2D eigenvalue weighted by Gasteiger charge is -2.13. The van der Waals surface area contributed by atoms with E-state index in [-0.39, 0.29) is 19.1 Å². The highest BCUT2D eigenvalue weighted by molar-refractivity contribution is 5.98. The monoisotopic (exact) mass is 358 g/mol. The number of rotatable bonds is 8. The second-order valence-electron chi connectivity index (χ2n) is 5.24. The molecule has 0 heterocycles. The number of benzene rings is 2. The lowest BCUT2D eigenvalue weighted by Crippen LogP contribution is -2.22. The molecule has 2 aromatic carbocycles. The molecular formula is C19H22N2O5. The topological polar surface area (TPSA) is 85.9 Å². The second-order valence-corrected chi connectivity index (χ2v) is 5.24. The summed E-state index contributed by atoms with van der Waals surface area (Å²) in [5.74, 6) is 0.393. The van der Waals surface area contributed by atoms with Crippen molar-refractivity contribution in [3.63, 3.8) is 0 Å². The number of methoxy groups -OCH3 is 2. The summed E-state index contributed by atoms with van der Waals surface area (Å²) in [6.45, 7) is 2.02. The highest BCUT2D eigenvalue weighted by Gasteiger charge is 2.13. The van der Waals surface area contributed by atoms with Gasteiger partial charge in [-0.2, -0.15) is 0 Å². The Balaban J connectivity index is 2.00. The first-order valence-electron chi connectivity index (χ1n) is 8.11. The predicted molar refractivity (Wildman–Crippen MR) is 99.1 cm³/mol. The molecule has 0 aliphatic rings. The molecule has 0 saturated carbocycles. The van der Waals surface area contributed by atoms with Crippen molar-refractivity contribution < 1.29 is 23.8 Å². The molecule has 7 nitrogen and oxygen atoms in total. The van der Waals surface area contributed by atoms with Crippen LogP contribution in [0.2, 0.25) is 0 Å². The fraction of sp³-hybridized carbons (Fsp3) is 0.263. The van der Waals surface area contributed by atoms with Gasteiger partial charge in [-0.1, -0.05) is 12.1 Å². The Labute approximate surface area is 152 Å². The number of hydrogen-bond donors (Lipinski definition) is 2. The number of carbonyl (C=O) groups is 2. The summed E-state index contributed by atoms with van der Waals surface area (Å²) in [6.07, 6.45) is 0. The number of nitrogens with one attached hydrogen (secondary N) is 2. The van der Waals surface area contributed by atoms with Gasteiger partial charge in [0, 0.05) is 17.4 Å². The molecule has 0 unspecified atom stereocenters. The van der Waals surface area contributed by atoms with Crippen LogP contribution in [0, 0.1) is 0 Å². The van der Waals surface area contributed by atoms with Crippen molar-refractivity contribution in [1.82, 2.24) is 0 Å². The molecule has 26 heavy (non-hydrogen) atoms. The van der Waals surface area contributed by atoms with Crippen molar-refractivity contribution in [2.24, 2.45) is 0 Å². The summed E-state index contributed by atoms with van der Waals surface area (Å²) in [5, 5.41) is 5.71. The van der Waals surface area contributed by atoms with E-state index in [1.165, 1.54) is 7.11 Å². The summed E-state index contributed by atoms with van der Waals surface area (Å²) < 4.78 is 15.4. The number of anilines is 2. The van der Waals surface area contributed by atoms with E-state index in [0.717, 1.165) is 0 Å². The largest absolute Gasteiger partial charge is 0.493 e. The van der Waals surface area contributed by atoms with Crippen molar-refractivity contribution in [1.29, 1.82) is 0 Å². The first-order chi connectivity index (χ1) is 12.6. The van der Waals surface area contributed by atoms with Crippen molar-refractivity contribution >= 4 is 23.3 Å². The van der Waals surface area contributed by atoms with Gasteiger partial charge in [0.15, 0.2) is 11.5 Å².